The van der Waals surface area contributed by atoms with Crippen LogP contribution in [0.3, 0.4) is 0 Å². The number of benzene rings is 2. The largest absolute Gasteiger partial charge is 0.335 e. The minimum Gasteiger partial charge on any atom is -0.335 e. The van der Waals surface area contributed by atoms with Gasteiger partial charge in [-0.2, -0.15) is 4.31 Å². The van der Waals surface area contributed by atoms with E-state index in [0.717, 1.165) is 16.7 Å². The highest BCUT2D eigenvalue weighted by atomic mass is 32.2. The Bertz CT molecular complexity index is 1240. The van der Waals surface area contributed by atoms with Crippen LogP contribution in [0.1, 0.15) is 32.5 Å². The quantitative estimate of drug-likeness (QED) is 0.529. The molecule has 0 radical (unpaired) electrons. The molecule has 3 aromatic rings. The predicted octanol–water partition coefficient (Wildman–Crippen LogP) is 4.07. The first-order chi connectivity index (χ1) is 15.3. The molecule has 1 aliphatic rings. The summed E-state index contributed by atoms with van der Waals surface area (Å²) >= 11 is 1.41. The number of carbonyl (C=O) groups is 2. The maximum Gasteiger partial charge on any atom is 0.264 e. The molecule has 0 unspecified atom stereocenters. The van der Waals surface area contributed by atoms with E-state index in [0.29, 0.717) is 23.5 Å². The molecular weight excluding hydrogens is 444 g/mol. The van der Waals surface area contributed by atoms with Gasteiger partial charge in [-0.05, 0) is 43.0 Å². The van der Waals surface area contributed by atoms with Crippen LogP contribution < -0.4 is 0 Å². The van der Waals surface area contributed by atoms with E-state index in [4.69, 9.17) is 0 Å². The molecule has 0 aliphatic carbocycles. The lowest BCUT2D eigenvalue weighted by Gasteiger charge is -2.34. The normalized spacial score (nSPS) is 15.0. The lowest BCUT2D eigenvalue weighted by atomic mass is 10.0. The molecule has 8 heteroatoms. The third-order valence-electron chi connectivity index (χ3n) is 5.65. The fourth-order valence-electron chi connectivity index (χ4n) is 3.72. The second-order valence-electron chi connectivity index (χ2n) is 7.81. The molecule has 1 fully saturated rings. The monoisotopic (exact) mass is 468 g/mol. The summed E-state index contributed by atoms with van der Waals surface area (Å²) in [6, 6.07) is 16.0. The molecule has 0 N–H and O–H groups in total. The Morgan fingerprint density at radius 2 is 1.50 bits per heavy atom. The van der Waals surface area contributed by atoms with Crippen LogP contribution in [0.5, 0.6) is 0 Å². The molecule has 2 aromatic carbocycles. The summed E-state index contributed by atoms with van der Waals surface area (Å²) in [5, 5.41) is 1.91. The summed E-state index contributed by atoms with van der Waals surface area (Å²) in [6.07, 6.45) is 0. The van der Waals surface area contributed by atoms with E-state index in [1.807, 2.05) is 42.6 Å². The summed E-state index contributed by atoms with van der Waals surface area (Å²) in [7, 11) is -3.68. The Balaban J connectivity index is 1.46. The Morgan fingerprint density at radius 3 is 2.09 bits per heavy atom. The topological polar surface area (TPSA) is 74.8 Å². The van der Waals surface area contributed by atoms with Gasteiger partial charge in [0.2, 0.25) is 10.0 Å². The third-order valence-corrected chi connectivity index (χ3v) is 8.46. The van der Waals surface area contributed by atoms with Gasteiger partial charge >= 0.3 is 0 Å². The van der Waals surface area contributed by atoms with Gasteiger partial charge in [0, 0.05) is 37.3 Å². The molecule has 32 heavy (non-hydrogen) atoms. The molecule has 166 valence electrons. The van der Waals surface area contributed by atoms with Crippen LogP contribution >= 0.6 is 11.3 Å². The van der Waals surface area contributed by atoms with Gasteiger partial charge in [-0.15, -0.1) is 11.3 Å². The van der Waals surface area contributed by atoms with Crippen LogP contribution in [0.4, 0.5) is 0 Å². The number of ketones is 1. The maximum atomic E-state index is 13.2. The summed E-state index contributed by atoms with van der Waals surface area (Å²) in [4.78, 5) is 27.2. The highest BCUT2D eigenvalue weighted by molar-refractivity contribution is 7.89. The van der Waals surface area contributed by atoms with Crippen molar-refractivity contribution in [3.63, 3.8) is 0 Å². The predicted molar refractivity (Wildman–Crippen MR) is 126 cm³/mol. The minimum atomic E-state index is -3.68. The summed E-state index contributed by atoms with van der Waals surface area (Å²) in [5.74, 6) is -0.182. The van der Waals surface area contributed by atoms with Gasteiger partial charge in [-0.3, -0.25) is 9.59 Å². The second kappa shape index (κ2) is 8.97. The minimum absolute atomic E-state index is 0.0709. The fraction of sp³-hybridized carbons (Fsp3) is 0.250. The van der Waals surface area contributed by atoms with E-state index in [9.17, 15) is 18.0 Å². The molecule has 6 nitrogen and oxygen atoms in total. The standard InChI is InChI=1S/C24H24N2O4S2/c1-17-3-5-20(6-4-17)22-11-16-31-23(22)24(28)25-12-14-26(15-13-25)32(29,30)21-9-7-19(8-10-21)18(2)27/h3-11,16H,12-15H2,1-2H3. The van der Waals surface area contributed by atoms with Crippen molar-refractivity contribution in [3.05, 3.63) is 76.0 Å². The van der Waals surface area contributed by atoms with Gasteiger partial charge in [0.25, 0.3) is 5.91 Å². The van der Waals surface area contributed by atoms with Crippen molar-refractivity contribution >= 4 is 33.1 Å². The van der Waals surface area contributed by atoms with E-state index in [2.05, 4.69) is 0 Å². The van der Waals surface area contributed by atoms with E-state index in [1.54, 1.807) is 4.90 Å². The summed E-state index contributed by atoms with van der Waals surface area (Å²) in [5.41, 5.74) is 3.53. The first kappa shape index (κ1) is 22.4. The average molecular weight is 469 g/mol. The van der Waals surface area contributed by atoms with Crippen LogP contribution in [0, 0.1) is 6.92 Å². The number of carbonyl (C=O) groups excluding carboxylic acids is 2. The molecule has 0 saturated carbocycles. The highest BCUT2D eigenvalue weighted by Gasteiger charge is 2.31. The van der Waals surface area contributed by atoms with Gasteiger partial charge < -0.3 is 4.90 Å². The summed E-state index contributed by atoms with van der Waals surface area (Å²) < 4.78 is 27.4. The molecule has 0 spiro atoms. The van der Waals surface area contributed by atoms with Crippen molar-refractivity contribution < 1.29 is 18.0 Å². The van der Waals surface area contributed by atoms with Gasteiger partial charge in [0.05, 0.1) is 9.77 Å². The maximum absolute atomic E-state index is 13.2. The van der Waals surface area contributed by atoms with Crippen molar-refractivity contribution in [2.75, 3.05) is 26.2 Å². The zero-order valence-electron chi connectivity index (χ0n) is 17.9. The molecule has 1 amide bonds. The van der Waals surface area contributed by atoms with E-state index in [-0.39, 0.29) is 29.7 Å². The van der Waals surface area contributed by atoms with Crippen LogP contribution in [-0.4, -0.2) is 55.5 Å². The van der Waals surface area contributed by atoms with Crippen LogP contribution in [-0.2, 0) is 10.0 Å². The number of amides is 1. The number of Topliss-reactive ketones (excluding diaryl/α,β-unsaturated/α-hetero) is 1. The van der Waals surface area contributed by atoms with Gasteiger partial charge in [0.15, 0.2) is 5.78 Å². The van der Waals surface area contributed by atoms with Crippen molar-refractivity contribution in [1.82, 2.24) is 9.21 Å². The second-order valence-corrected chi connectivity index (χ2v) is 10.7. The van der Waals surface area contributed by atoms with E-state index in [1.165, 1.54) is 46.8 Å². The Hall–Kier alpha value is -2.81. The van der Waals surface area contributed by atoms with Crippen molar-refractivity contribution in [1.29, 1.82) is 0 Å². The third kappa shape index (κ3) is 4.39. The lowest BCUT2D eigenvalue weighted by Crippen LogP contribution is -2.50. The van der Waals surface area contributed by atoms with Gasteiger partial charge in [-0.1, -0.05) is 42.0 Å². The first-order valence-electron chi connectivity index (χ1n) is 10.3. The number of thiophene rings is 1. The SMILES string of the molecule is CC(=O)c1ccc(S(=O)(=O)N2CCN(C(=O)c3sccc3-c3ccc(C)cc3)CC2)cc1. The lowest BCUT2D eigenvalue weighted by molar-refractivity contribution is 0.0703. The number of rotatable bonds is 5. The average Bonchev–Trinajstić information content (AvgIpc) is 3.29. The zero-order chi connectivity index (χ0) is 22.9. The molecule has 0 atom stereocenters. The van der Waals surface area contributed by atoms with E-state index >= 15 is 0 Å². The molecular formula is C24H24N2O4S2. The number of sulfonamides is 1. The Kier molecular flexibility index (Phi) is 6.28. The molecule has 0 bridgehead atoms. The molecule has 4 rings (SSSR count). The smallest absolute Gasteiger partial charge is 0.264 e. The molecule has 1 saturated heterocycles. The Labute approximate surface area is 192 Å². The zero-order valence-corrected chi connectivity index (χ0v) is 19.6. The van der Waals surface area contributed by atoms with Gasteiger partial charge in [-0.25, -0.2) is 8.42 Å². The number of aryl methyl sites for hydroxylation is 1. The fourth-order valence-corrected chi connectivity index (χ4v) is 6.03. The van der Waals surface area contributed by atoms with Crippen molar-refractivity contribution in [2.24, 2.45) is 0 Å². The van der Waals surface area contributed by atoms with Crippen molar-refractivity contribution in [2.45, 2.75) is 18.7 Å². The summed E-state index contributed by atoms with van der Waals surface area (Å²) in [6.45, 7) is 4.58. The van der Waals surface area contributed by atoms with E-state index < -0.39 is 10.0 Å². The Morgan fingerprint density at radius 1 is 0.875 bits per heavy atom. The highest BCUT2D eigenvalue weighted by Crippen LogP contribution is 2.30. The van der Waals surface area contributed by atoms with Gasteiger partial charge in [0.1, 0.15) is 0 Å². The molecule has 1 aliphatic heterocycles. The van der Waals surface area contributed by atoms with Crippen LogP contribution in [0.2, 0.25) is 0 Å². The van der Waals surface area contributed by atoms with Crippen molar-refractivity contribution in [3.8, 4) is 11.1 Å². The molecule has 1 aromatic heterocycles. The number of hydrogen-bond donors (Lipinski definition) is 0. The van der Waals surface area contributed by atoms with Crippen LogP contribution in [0.15, 0.2) is 64.9 Å². The number of nitrogens with zero attached hydrogens (tertiary/aromatic N) is 2. The molecule has 2 heterocycles. The number of hydrogen-bond acceptors (Lipinski definition) is 5. The number of piperazine rings is 1. The van der Waals surface area contributed by atoms with Crippen LogP contribution in [0.25, 0.3) is 11.1 Å². The first-order valence-corrected chi connectivity index (χ1v) is 12.6.